The number of nitrogens with zero attached hydrogens (tertiary/aromatic N) is 2. The van der Waals surface area contributed by atoms with Crippen LogP contribution in [0, 0.1) is 0 Å². The fraction of sp³-hybridized carbons (Fsp3) is 0.571. The molecule has 1 saturated heterocycles. The monoisotopic (exact) mass is 277 g/mol. The Hall–Kier alpha value is -1.20. The summed E-state index contributed by atoms with van der Waals surface area (Å²) in [6, 6.07) is 4.05. The lowest BCUT2D eigenvalue weighted by Gasteiger charge is -2.34. The lowest BCUT2D eigenvalue weighted by atomic mass is 9.75. The molecule has 3 heterocycles. The molecular formula is C14H19N3OS. The Morgan fingerprint density at radius 2 is 2.26 bits per heavy atom. The molecule has 2 aromatic heterocycles. The van der Waals surface area contributed by atoms with Crippen LogP contribution >= 0.6 is 11.3 Å². The van der Waals surface area contributed by atoms with E-state index in [4.69, 9.17) is 4.52 Å². The summed E-state index contributed by atoms with van der Waals surface area (Å²) in [5.74, 6) is 1.57. The summed E-state index contributed by atoms with van der Waals surface area (Å²) in [6.07, 6.45) is 4.46. The predicted molar refractivity (Wildman–Crippen MR) is 76.3 cm³/mol. The van der Waals surface area contributed by atoms with Gasteiger partial charge in [-0.2, -0.15) is 4.98 Å². The molecule has 0 bridgehead atoms. The van der Waals surface area contributed by atoms with Crippen molar-refractivity contribution in [1.29, 1.82) is 0 Å². The van der Waals surface area contributed by atoms with Gasteiger partial charge in [0.15, 0.2) is 0 Å². The van der Waals surface area contributed by atoms with Crippen LogP contribution in [0.3, 0.4) is 0 Å². The topological polar surface area (TPSA) is 51.0 Å². The second-order valence-electron chi connectivity index (χ2n) is 5.18. The van der Waals surface area contributed by atoms with Gasteiger partial charge in [0.2, 0.25) is 11.7 Å². The summed E-state index contributed by atoms with van der Waals surface area (Å²) in [7, 11) is 0. The minimum atomic E-state index is 0.0858. The summed E-state index contributed by atoms with van der Waals surface area (Å²) in [6.45, 7) is 4.30. The first kappa shape index (κ1) is 12.8. The van der Waals surface area contributed by atoms with E-state index >= 15 is 0 Å². The molecule has 0 spiro atoms. The van der Waals surface area contributed by atoms with Crippen LogP contribution in [0.1, 0.15) is 38.5 Å². The fourth-order valence-corrected chi connectivity index (χ4v) is 3.55. The number of nitrogens with one attached hydrogen (secondary N) is 1. The Labute approximate surface area is 117 Å². The van der Waals surface area contributed by atoms with Gasteiger partial charge in [-0.15, -0.1) is 11.3 Å². The molecule has 0 amide bonds. The van der Waals surface area contributed by atoms with Crippen LogP contribution < -0.4 is 5.32 Å². The van der Waals surface area contributed by atoms with Gasteiger partial charge in [0, 0.05) is 0 Å². The van der Waals surface area contributed by atoms with Crippen molar-refractivity contribution >= 4 is 11.3 Å². The number of aromatic nitrogens is 2. The van der Waals surface area contributed by atoms with Gasteiger partial charge in [-0.3, -0.25) is 0 Å². The molecule has 0 atom stereocenters. The van der Waals surface area contributed by atoms with Crippen LogP contribution in [0.5, 0.6) is 0 Å². The lowest BCUT2D eigenvalue weighted by molar-refractivity contribution is 0.208. The zero-order valence-corrected chi connectivity index (χ0v) is 12.0. The van der Waals surface area contributed by atoms with Gasteiger partial charge in [-0.05, 0) is 43.8 Å². The Balaban J connectivity index is 1.90. The summed E-state index contributed by atoms with van der Waals surface area (Å²) in [4.78, 5) is 5.75. The van der Waals surface area contributed by atoms with Gasteiger partial charge in [-0.1, -0.05) is 24.6 Å². The van der Waals surface area contributed by atoms with Crippen LogP contribution in [0.2, 0.25) is 0 Å². The average Bonchev–Trinajstić information content (AvgIpc) is 3.11. The van der Waals surface area contributed by atoms with Gasteiger partial charge in [0.05, 0.1) is 10.3 Å². The van der Waals surface area contributed by atoms with Crippen LogP contribution in [-0.2, 0) is 5.41 Å². The van der Waals surface area contributed by atoms with Crippen LogP contribution in [0.15, 0.2) is 22.0 Å². The quantitative estimate of drug-likeness (QED) is 0.932. The number of hydrogen-bond donors (Lipinski definition) is 1. The summed E-state index contributed by atoms with van der Waals surface area (Å²) in [5.41, 5.74) is 0.0858. The van der Waals surface area contributed by atoms with E-state index in [0.29, 0.717) is 0 Å². The molecule has 0 unspecified atom stereocenters. The van der Waals surface area contributed by atoms with E-state index in [1.807, 2.05) is 17.5 Å². The molecule has 1 aliphatic rings. The molecule has 0 aliphatic carbocycles. The van der Waals surface area contributed by atoms with Crippen LogP contribution in [0.25, 0.3) is 10.7 Å². The molecule has 4 nitrogen and oxygen atoms in total. The van der Waals surface area contributed by atoms with Gasteiger partial charge < -0.3 is 9.84 Å². The highest BCUT2D eigenvalue weighted by molar-refractivity contribution is 7.13. The smallest absolute Gasteiger partial charge is 0.233 e. The van der Waals surface area contributed by atoms with Gasteiger partial charge in [-0.25, -0.2) is 0 Å². The first-order chi connectivity index (χ1) is 9.34. The third-order valence-electron chi connectivity index (χ3n) is 3.91. The number of rotatable bonds is 4. The highest BCUT2D eigenvalue weighted by Crippen LogP contribution is 2.37. The normalized spacial score (nSPS) is 18.6. The second kappa shape index (κ2) is 5.43. The van der Waals surface area contributed by atoms with Crippen molar-refractivity contribution in [2.75, 3.05) is 13.1 Å². The van der Waals surface area contributed by atoms with Crippen molar-refractivity contribution in [3.8, 4) is 10.7 Å². The van der Waals surface area contributed by atoms with Crippen LogP contribution in [0.4, 0.5) is 0 Å². The van der Waals surface area contributed by atoms with E-state index in [-0.39, 0.29) is 5.41 Å². The fourth-order valence-electron chi connectivity index (χ4n) is 2.90. The minimum absolute atomic E-state index is 0.0858. The third-order valence-corrected chi connectivity index (χ3v) is 4.78. The maximum atomic E-state index is 5.60. The molecule has 2 aromatic rings. The molecule has 19 heavy (non-hydrogen) atoms. The maximum absolute atomic E-state index is 5.60. The Kier molecular flexibility index (Phi) is 3.66. The molecule has 5 heteroatoms. The maximum Gasteiger partial charge on any atom is 0.233 e. The molecule has 0 saturated carbocycles. The SMILES string of the molecule is CCCC1(c2nc(-c3cccs3)no2)CCNCC1. The zero-order valence-electron chi connectivity index (χ0n) is 11.2. The Bertz CT molecular complexity index is 509. The van der Waals surface area contributed by atoms with Crippen molar-refractivity contribution in [3.05, 3.63) is 23.4 Å². The van der Waals surface area contributed by atoms with E-state index in [2.05, 4.69) is 22.4 Å². The number of hydrogen-bond acceptors (Lipinski definition) is 5. The van der Waals surface area contributed by atoms with Gasteiger partial charge in [0.25, 0.3) is 0 Å². The van der Waals surface area contributed by atoms with Gasteiger partial charge in [0.1, 0.15) is 0 Å². The van der Waals surface area contributed by atoms with Crippen molar-refractivity contribution in [2.24, 2.45) is 0 Å². The number of thiophene rings is 1. The predicted octanol–water partition coefficient (Wildman–Crippen LogP) is 3.22. The van der Waals surface area contributed by atoms with Crippen molar-refractivity contribution < 1.29 is 4.52 Å². The third kappa shape index (κ3) is 2.44. The highest BCUT2D eigenvalue weighted by atomic mass is 32.1. The molecule has 1 aliphatic heterocycles. The van der Waals surface area contributed by atoms with Crippen molar-refractivity contribution in [2.45, 2.75) is 38.0 Å². The average molecular weight is 277 g/mol. The van der Waals surface area contributed by atoms with E-state index in [0.717, 1.165) is 55.4 Å². The largest absolute Gasteiger partial charge is 0.338 e. The minimum Gasteiger partial charge on any atom is -0.338 e. The van der Waals surface area contributed by atoms with Crippen molar-refractivity contribution in [3.63, 3.8) is 0 Å². The molecule has 1 fully saturated rings. The molecule has 0 aromatic carbocycles. The van der Waals surface area contributed by atoms with E-state index in [1.165, 1.54) is 0 Å². The molecule has 102 valence electrons. The molecule has 1 N–H and O–H groups in total. The van der Waals surface area contributed by atoms with E-state index < -0.39 is 0 Å². The van der Waals surface area contributed by atoms with Gasteiger partial charge >= 0.3 is 0 Å². The summed E-state index contributed by atoms with van der Waals surface area (Å²) < 4.78 is 5.60. The summed E-state index contributed by atoms with van der Waals surface area (Å²) in [5, 5.41) is 9.62. The van der Waals surface area contributed by atoms with E-state index in [1.54, 1.807) is 11.3 Å². The summed E-state index contributed by atoms with van der Waals surface area (Å²) >= 11 is 1.65. The first-order valence-electron chi connectivity index (χ1n) is 6.93. The molecule has 0 radical (unpaired) electrons. The Morgan fingerprint density at radius 1 is 1.42 bits per heavy atom. The molecular weight excluding hydrogens is 258 g/mol. The highest BCUT2D eigenvalue weighted by Gasteiger charge is 2.38. The number of piperidine rings is 1. The molecule has 3 rings (SSSR count). The Morgan fingerprint density at radius 3 is 2.95 bits per heavy atom. The van der Waals surface area contributed by atoms with Crippen LogP contribution in [-0.4, -0.2) is 23.2 Å². The van der Waals surface area contributed by atoms with Crippen molar-refractivity contribution in [1.82, 2.24) is 15.5 Å². The lowest BCUT2D eigenvalue weighted by Crippen LogP contribution is -2.40. The zero-order chi connectivity index (χ0) is 13.1. The second-order valence-corrected chi connectivity index (χ2v) is 6.13. The van der Waals surface area contributed by atoms with E-state index in [9.17, 15) is 0 Å². The standard InChI is InChI=1S/C14H19N3OS/c1-2-5-14(6-8-15-9-7-14)13-16-12(17-18-13)11-4-3-10-19-11/h3-4,10,15H,2,5-9H2,1H3. The first-order valence-corrected chi connectivity index (χ1v) is 7.81.